The molecule has 0 atom stereocenters. The van der Waals surface area contributed by atoms with Gasteiger partial charge in [-0.1, -0.05) is 19.3 Å². The predicted molar refractivity (Wildman–Crippen MR) is 75.5 cm³/mol. The van der Waals surface area contributed by atoms with Gasteiger partial charge >= 0.3 is 6.18 Å². The van der Waals surface area contributed by atoms with E-state index < -0.39 is 11.9 Å². The first-order valence-electron chi connectivity index (χ1n) is 6.96. The molecule has 21 heavy (non-hydrogen) atoms. The Morgan fingerprint density at radius 2 is 1.90 bits per heavy atom. The molecule has 116 valence electrons. The second kappa shape index (κ2) is 5.91. The number of nitrogens with one attached hydrogen (secondary N) is 1. The fourth-order valence-electron chi connectivity index (χ4n) is 2.73. The highest BCUT2D eigenvalue weighted by atomic mass is 19.4. The summed E-state index contributed by atoms with van der Waals surface area (Å²) in [6, 6.07) is 2.25. The van der Waals surface area contributed by atoms with Crippen molar-refractivity contribution in [2.45, 2.75) is 44.3 Å². The Morgan fingerprint density at radius 3 is 2.43 bits per heavy atom. The number of halogens is 3. The molecule has 2 rings (SSSR count). The van der Waals surface area contributed by atoms with Crippen molar-refractivity contribution in [2.24, 2.45) is 5.73 Å². The molecular formula is C14H19F3N4. The first-order chi connectivity index (χ1) is 9.80. The summed E-state index contributed by atoms with van der Waals surface area (Å²) in [4.78, 5) is 5.46. The molecule has 1 saturated carbocycles. The molecule has 0 unspecified atom stereocenters. The second-order valence-electron chi connectivity index (χ2n) is 5.38. The zero-order chi connectivity index (χ0) is 15.6. The van der Waals surface area contributed by atoms with Crippen LogP contribution in [0.15, 0.2) is 12.1 Å². The standard InChI is InChI=1S/C14H19F3N4/c1-21(9-5-3-2-4-6-9)13-10(12(18)19)7-8-11(20-13)14(15,16)17/h7-9H,2-6H2,1H3,(H3,18,19). The minimum absolute atomic E-state index is 0.143. The summed E-state index contributed by atoms with van der Waals surface area (Å²) in [6.45, 7) is 0. The number of nitrogens with two attached hydrogens (primary N) is 1. The van der Waals surface area contributed by atoms with Crippen molar-refractivity contribution in [3.63, 3.8) is 0 Å². The molecule has 0 amide bonds. The number of hydrogen-bond acceptors (Lipinski definition) is 3. The highest BCUT2D eigenvalue weighted by molar-refractivity contribution is 5.99. The van der Waals surface area contributed by atoms with E-state index in [1.54, 1.807) is 11.9 Å². The summed E-state index contributed by atoms with van der Waals surface area (Å²) >= 11 is 0. The minimum Gasteiger partial charge on any atom is -0.384 e. The predicted octanol–water partition coefficient (Wildman–Crippen LogP) is 3.15. The van der Waals surface area contributed by atoms with Crippen LogP contribution >= 0.6 is 0 Å². The number of rotatable bonds is 3. The van der Waals surface area contributed by atoms with E-state index in [2.05, 4.69) is 4.98 Å². The molecule has 4 nitrogen and oxygen atoms in total. The van der Waals surface area contributed by atoms with Gasteiger partial charge in [0.05, 0.1) is 5.56 Å². The van der Waals surface area contributed by atoms with Crippen molar-refractivity contribution in [3.8, 4) is 0 Å². The summed E-state index contributed by atoms with van der Waals surface area (Å²) in [7, 11) is 1.73. The lowest BCUT2D eigenvalue weighted by Crippen LogP contribution is -2.36. The van der Waals surface area contributed by atoms with Crippen molar-refractivity contribution in [1.82, 2.24) is 4.98 Å². The Bertz CT molecular complexity index is 521. The molecule has 3 N–H and O–H groups in total. The Morgan fingerprint density at radius 1 is 1.29 bits per heavy atom. The number of nitrogen functional groups attached to an aromatic ring is 1. The van der Waals surface area contributed by atoms with Crippen LogP contribution in [-0.4, -0.2) is 23.9 Å². The first kappa shape index (κ1) is 15.6. The molecular weight excluding hydrogens is 281 g/mol. The summed E-state index contributed by atoms with van der Waals surface area (Å²) < 4.78 is 38.5. The molecule has 1 aliphatic carbocycles. The van der Waals surface area contributed by atoms with Crippen molar-refractivity contribution < 1.29 is 13.2 Å². The monoisotopic (exact) mass is 300 g/mol. The Hall–Kier alpha value is -1.79. The van der Waals surface area contributed by atoms with Gasteiger partial charge in [0.15, 0.2) is 0 Å². The summed E-state index contributed by atoms with van der Waals surface area (Å²) in [5.41, 5.74) is 4.77. The van der Waals surface area contributed by atoms with Crippen LogP contribution < -0.4 is 10.6 Å². The molecule has 1 aromatic rings. The van der Waals surface area contributed by atoms with Crippen molar-refractivity contribution in [2.75, 3.05) is 11.9 Å². The zero-order valence-electron chi connectivity index (χ0n) is 11.9. The van der Waals surface area contributed by atoms with Gasteiger partial charge in [0.1, 0.15) is 17.3 Å². The van der Waals surface area contributed by atoms with Crippen molar-refractivity contribution in [1.29, 1.82) is 5.41 Å². The molecule has 0 aliphatic heterocycles. The number of hydrogen-bond donors (Lipinski definition) is 2. The van der Waals surface area contributed by atoms with Gasteiger partial charge in [-0.15, -0.1) is 0 Å². The minimum atomic E-state index is -4.50. The SMILES string of the molecule is CN(c1nc(C(F)(F)F)ccc1C(=N)N)C1CCCCC1. The van der Waals surface area contributed by atoms with Gasteiger partial charge < -0.3 is 10.6 Å². The van der Waals surface area contributed by atoms with E-state index in [0.29, 0.717) is 0 Å². The van der Waals surface area contributed by atoms with E-state index in [1.807, 2.05) is 0 Å². The number of amidine groups is 1. The fraction of sp³-hybridized carbons (Fsp3) is 0.571. The average Bonchev–Trinajstić information content (AvgIpc) is 2.45. The van der Waals surface area contributed by atoms with E-state index >= 15 is 0 Å². The van der Waals surface area contributed by atoms with E-state index in [1.165, 1.54) is 6.07 Å². The molecule has 7 heteroatoms. The van der Waals surface area contributed by atoms with Crippen molar-refractivity contribution in [3.05, 3.63) is 23.4 Å². The van der Waals surface area contributed by atoms with Gasteiger partial charge in [0, 0.05) is 13.1 Å². The van der Waals surface area contributed by atoms with Crippen LogP contribution in [0.4, 0.5) is 19.0 Å². The lowest BCUT2D eigenvalue weighted by atomic mass is 9.94. The second-order valence-corrected chi connectivity index (χ2v) is 5.38. The maximum Gasteiger partial charge on any atom is 0.433 e. The van der Waals surface area contributed by atoms with Gasteiger partial charge in [0.2, 0.25) is 0 Å². The quantitative estimate of drug-likeness (QED) is 0.665. The summed E-state index contributed by atoms with van der Waals surface area (Å²) in [6.07, 6.45) is 0.613. The number of pyridine rings is 1. The topological polar surface area (TPSA) is 66.0 Å². The summed E-state index contributed by atoms with van der Waals surface area (Å²) in [5.74, 6) is -0.127. The van der Waals surface area contributed by atoms with Crippen LogP contribution in [0.1, 0.15) is 43.4 Å². The molecule has 1 aliphatic rings. The smallest absolute Gasteiger partial charge is 0.384 e. The van der Waals surface area contributed by atoms with E-state index in [-0.39, 0.29) is 23.3 Å². The van der Waals surface area contributed by atoms with Crippen LogP contribution in [0.2, 0.25) is 0 Å². The third-order valence-electron chi connectivity index (χ3n) is 3.91. The Balaban J connectivity index is 2.40. The number of nitrogens with zero attached hydrogens (tertiary/aromatic N) is 2. The zero-order valence-corrected chi connectivity index (χ0v) is 11.9. The number of anilines is 1. The van der Waals surface area contributed by atoms with Crippen LogP contribution in [0.25, 0.3) is 0 Å². The molecule has 1 aromatic heterocycles. The maximum absolute atomic E-state index is 12.8. The van der Waals surface area contributed by atoms with Crippen LogP contribution in [-0.2, 0) is 6.18 Å². The molecule has 0 radical (unpaired) electrons. The Labute approximate surface area is 121 Å². The molecule has 0 spiro atoms. The van der Waals surface area contributed by atoms with Gasteiger partial charge in [-0.2, -0.15) is 13.2 Å². The highest BCUT2D eigenvalue weighted by Gasteiger charge is 2.34. The molecule has 0 aromatic carbocycles. The first-order valence-corrected chi connectivity index (χ1v) is 6.96. The maximum atomic E-state index is 12.8. The summed E-state index contributed by atoms with van der Waals surface area (Å²) in [5, 5.41) is 7.54. The normalized spacial score (nSPS) is 16.8. The van der Waals surface area contributed by atoms with E-state index in [4.69, 9.17) is 11.1 Å². The van der Waals surface area contributed by atoms with Crippen LogP contribution in [0.3, 0.4) is 0 Å². The average molecular weight is 300 g/mol. The van der Waals surface area contributed by atoms with Gasteiger partial charge in [-0.05, 0) is 25.0 Å². The Kier molecular flexibility index (Phi) is 4.39. The van der Waals surface area contributed by atoms with Crippen molar-refractivity contribution >= 4 is 11.7 Å². The van der Waals surface area contributed by atoms with Gasteiger partial charge in [-0.3, -0.25) is 5.41 Å². The van der Waals surface area contributed by atoms with E-state index in [0.717, 1.165) is 38.2 Å². The largest absolute Gasteiger partial charge is 0.433 e. The molecule has 1 heterocycles. The third kappa shape index (κ3) is 3.46. The van der Waals surface area contributed by atoms with Crippen LogP contribution in [0.5, 0.6) is 0 Å². The molecule has 0 bridgehead atoms. The van der Waals surface area contributed by atoms with Gasteiger partial charge in [-0.25, -0.2) is 4.98 Å². The van der Waals surface area contributed by atoms with E-state index in [9.17, 15) is 13.2 Å². The lowest BCUT2D eigenvalue weighted by Gasteiger charge is -2.33. The van der Waals surface area contributed by atoms with Crippen LogP contribution in [0, 0.1) is 5.41 Å². The van der Waals surface area contributed by atoms with Gasteiger partial charge in [0.25, 0.3) is 0 Å². The number of aromatic nitrogens is 1. The lowest BCUT2D eigenvalue weighted by molar-refractivity contribution is -0.141. The third-order valence-corrected chi connectivity index (χ3v) is 3.91. The highest BCUT2D eigenvalue weighted by Crippen LogP contribution is 2.32. The fourth-order valence-corrected chi connectivity index (χ4v) is 2.73. The molecule has 0 saturated heterocycles. The molecule has 1 fully saturated rings. The number of alkyl halides is 3.